The predicted octanol–water partition coefficient (Wildman–Crippen LogP) is -0.759. The summed E-state index contributed by atoms with van der Waals surface area (Å²) in [6, 6.07) is 0. The lowest BCUT2D eigenvalue weighted by Crippen LogP contribution is -2.52. The minimum absolute atomic E-state index is 0.285. The van der Waals surface area contributed by atoms with Crippen LogP contribution in [0.3, 0.4) is 0 Å². The predicted molar refractivity (Wildman–Crippen MR) is 38.2 cm³/mol. The zero-order valence-electron chi connectivity index (χ0n) is 6.31. The summed E-state index contributed by atoms with van der Waals surface area (Å²) in [5.74, 6) is 0.285. The highest BCUT2D eigenvalue weighted by Crippen LogP contribution is 2.07. The molecule has 0 aromatic carbocycles. The Morgan fingerprint density at radius 3 is 2.50 bits per heavy atom. The van der Waals surface area contributed by atoms with E-state index in [0.29, 0.717) is 6.42 Å². The summed E-state index contributed by atoms with van der Waals surface area (Å²) in [4.78, 5) is 13.1. The van der Waals surface area contributed by atoms with Crippen LogP contribution in [0.2, 0.25) is 0 Å². The van der Waals surface area contributed by atoms with Crippen LogP contribution in [0.15, 0.2) is 0 Å². The summed E-state index contributed by atoms with van der Waals surface area (Å²) in [5.41, 5.74) is 3.65. The Hall–Kier alpha value is -0.570. The van der Waals surface area contributed by atoms with Gasteiger partial charge in [-0.25, -0.2) is 0 Å². The van der Waals surface area contributed by atoms with Gasteiger partial charge in [0.05, 0.1) is 13.0 Å². The SMILES string of the molecule is [NH3+]CCC(=O)N1CCCC1. The normalized spacial score (nSPS) is 17.9. The Bertz CT molecular complexity index is 119. The number of hydrogen-bond donors (Lipinski definition) is 1. The molecule has 3 heteroatoms. The van der Waals surface area contributed by atoms with E-state index in [2.05, 4.69) is 5.73 Å². The first kappa shape index (κ1) is 7.54. The molecular formula is C7H15N2O+. The number of carbonyl (C=O) groups excluding carboxylic acids is 1. The first-order chi connectivity index (χ1) is 4.84. The van der Waals surface area contributed by atoms with Gasteiger partial charge in [-0.05, 0) is 12.8 Å². The van der Waals surface area contributed by atoms with Crippen LogP contribution >= 0.6 is 0 Å². The first-order valence-electron chi connectivity index (χ1n) is 3.91. The highest BCUT2D eigenvalue weighted by molar-refractivity contribution is 5.76. The lowest BCUT2D eigenvalue weighted by atomic mass is 10.4. The zero-order chi connectivity index (χ0) is 7.40. The molecule has 1 heterocycles. The van der Waals surface area contributed by atoms with Gasteiger partial charge in [-0.3, -0.25) is 4.79 Å². The van der Waals surface area contributed by atoms with Crippen molar-refractivity contribution in [2.45, 2.75) is 19.3 Å². The zero-order valence-corrected chi connectivity index (χ0v) is 6.31. The molecule has 0 saturated carbocycles. The van der Waals surface area contributed by atoms with Gasteiger partial charge in [0, 0.05) is 13.1 Å². The van der Waals surface area contributed by atoms with E-state index >= 15 is 0 Å². The average molecular weight is 143 g/mol. The number of hydrogen-bond acceptors (Lipinski definition) is 1. The Kier molecular flexibility index (Phi) is 2.68. The second-order valence-corrected chi connectivity index (χ2v) is 2.69. The molecule has 58 valence electrons. The van der Waals surface area contributed by atoms with Crippen molar-refractivity contribution in [3.8, 4) is 0 Å². The van der Waals surface area contributed by atoms with Gasteiger partial charge in [0.1, 0.15) is 0 Å². The van der Waals surface area contributed by atoms with Crippen molar-refractivity contribution in [2.75, 3.05) is 19.6 Å². The van der Waals surface area contributed by atoms with E-state index in [4.69, 9.17) is 0 Å². The fourth-order valence-corrected chi connectivity index (χ4v) is 1.28. The average Bonchev–Trinajstić information content (AvgIpc) is 2.38. The third kappa shape index (κ3) is 1.70. The minimum atomic E-state index is 0.285. The van der Waals surface area contributed by atoms with Crippen LogP contribution in [0, 0.1) is 0 Å². The van der Waals surface area contributed by atoms with Crippen molar-refractivity contribution in [3.63, 3.8) is 0 Å². The second kappa shape index (κ2) is 3.56. The molecule has 0 aromatic rings. The van der Waals surface area contributed by atoms with Crippen LogP contribution in [-0.2, 0) is 4.79 Å². The molecule has 1 rings (SSSR count). The summed E-state index contributed by atoms with van der Waals surface area (Å²) >= 11 is 0. The van der Waals surface area contributed by atoms with Crippen LogP contribution in [-0.4, -0.2) is 30.4 Å². The maximum Gasteiger partial charge on any atom is 0.228 e. The molecule has 1 aliphatic rings. The van der Waals surface area contributed by atoms with E-state index in [9.17, 15) is 4.79 Å². The van der Waals surface area contributed by atoms with Gasteiger partial charge in [-0.15, -0.1) is 0 Å². The highest BCUT2D eigenvalue weighted by Gasteiger charge is 2.16. The standard InChI is InChI=1S/C7H14N2O/c8-4-3-7(10)9-5-1-2-6-9/h1-6,8H2/p+1. The van der Waals surface area contributed by atoms with Gasteiger partial charge < -0.3 is 10.6 Å². The van der Waals surface area contributed by atoms with E-state index < -0.39 is 0 Å². The Labute approximate surface area is 61.2 Å². The van der Waals surface area contributed by atoms with E-state index in [-0.39, 0.29) is 5.91 Å². The van der Waals surface area contributed by atoms with Crippen molar-refractivity contribution >= 4 is 5.91 Å². The Morgan fingerprint density at radius 2 is 2.00 bits per heavy atom. The molecule has 1 fully saturated rings. The van der Waals surface area contributed by atoms with E-state index in [1.165, 1.54) is 12.8 Å². The van der Waals surface area contributed by atoms with Gasteiger partial charge >= 0.3 is 0 Å². The number of rotatable bonds is 2. The van der Waals surface area contributed by atoms with E-state index in [0.717, 1.165) is 19.6 Å². The molecule has 0 bridgehead atoms. The summed E-state index contributed by atoms with van der Waals surface area (Å²) in [6.45, 7) is 2.67. The number of carbonyl (C=O) groups is 1. The number of quaternary nitrogens is 1. The molecule has 0 unspecified atom stereocenters. The monoisotopic (exact) mass is 143 g/mol. The van der Waals surface area contributed by atoms with E-state index in [1.807, 2.05) is 4.90 Å². The van der Waals surface area contributed by atoms with Crippen molar-refractivity contribution in [2.24, 2.45) is 0 Å². The van der Waals surface area contributed by atoms with Crippen LogP contribution in [0.4, 0.5) is 0 Å². The molecule has 1 aliphatic heterocycles. The van der Waals surface area contributed by atoms with Gasteiger partial charge in [0.15, 0.2) is 0 Å². The Balaban J connectivity index is 2.25. The topological polar surface area (TPSA) is 48.0 Å². The van der Waals surface area contributed by atoms with Crippen LogP contribution in [0.5, 0.6) is 0 Å². The number of nitrogens with zero attached hydrogens (tertiary/aromatic N) is 1. The molecule has 10 heavy (non-hydrogen) atoms. The maximum atomic E-state index is 11.1. The molecular weight excluding hydrogens is 128 g/mol. The minimum Gasteiger partial charge on any atom is -0.357 e. The third-order valence-corrected chi connectivity index (χ3v) is 1.85. The summed E-state index contributed by atoms with van der Waals surface area (Å²) < 4.78 is 0. The van der Waals surface area contributed by atoms with Gasteiger partial charge in [-0.1, -0.05) is 0 Å². The van der Waals surface area contributed by atoms with Crippen molar-refractivity contribution in [3.05, 3.63) is 0 Å². The van der Waals surface area contributed by atoms with Crippen molar-refractivity contribution in [1.29, 1.82) is 0 Å². The van der Waals surface area contributed by atoms with Crippen molar-refractivity contribution in [1.82, 2.24) is 4.90 Å². The van der Waals surface area contributed by atoms with Crippen molar-refractivity contribution < 1.29 is 10.5 Å². The third-order valence-electron chi connectivity index (χ3n) is 1.85. The molecule has 0 atom stereocenters. The van der Waals surface area contributed by atoms with Crippen LogP contribution in [0.25, 0.3) is 0 Å². The molecule has 3 nitrogen and oxygen atoms in total. The molecule has 3 N–H and O–H groups in total. The fourth-order valence-electron chi connectivity index (χ4n) is 1.28. The second-order valence-electron chi connectivity index (χ2n) is 2.69. The largest absolute Gasteiger partial charge is 0.357 e. The number of likely N-dealkylation sites (tertiary alicyclic amines) is 1. The molecule has 1 saturated heterocycles. The maximum absolute atomic E-state index is 11.1. The molecule has 1 amide bonds. The fraction of sp³-hybridized carbons (Fsp3) is 0.857. The molecule has 0 spiro atoms. The van der Waals surface area contributed by atoms with Crippen LogP contribution < -0.4 is 5.73 Å². The number of amides is 1. The highest BCUT2D eigenvalue weighted by atomic mass is 16.2. The summed E-state index contributed by atoms with van der Waals surface area (Å²) in [7, 11) is 0. The molecule has 0 aromatic heterocycles. The molecule has 0 aliphatic carbocycles. The van der Waals surface area contributed by atoms with Gasteiger partial charge in [0.25, 0.3) is 0 Å². The summed E-state index contributed by atoms with van der Waals surface area (Å²) in [5, 5.41) is 0. The Morgan fingerprint density at radius 1 is 1.40 bits per heavy atom. The van der Waals surface area contributed by atoms with Crippen LogP contribution in [0.1, 0.15) is 19.3 Å². The molecule has 0 radical (unpaired) electrons. The quantitative estimate of drug-likeness (QED) is 0.542. The first-order valence-corrected chi connectivity index (χ1v) is 3.91. The van der Waals surface area contributed by atoms with Gasteiger partial charge in [-0.2, -0.15) is 0 Å². The van der Waals surface area contributed by atoms with Gasteiger partial charge in [0.2, 0.25) is 5.91 Å². The van der Waals surface area contributed by atoms with E-state index in [1.54, 1.807) is 0 Å². The lowest BCUT2D eigenvalue weighted by Gasteiger charge is -2.13. The lowest BCUT2D eigenvalue weighted by molar-refractivity contribution is -0.366. The summed E-state index contributed by atoms with van der Waals surface area (Å²) in [6.07, 6.45) is 2.99. The smallest absolute Gasteiger partial charge is 0.228 e.